The van der Waals surface area contributed by atoms with Crippen LogP contribution in [0.1, 0.15) is 6.04 Å². The van der Waals surface area contributed by atoms with Gasteiger partial charge in [0.05, 0.1) is 22.8 Å². The van der Waals surface area contributed by atoms with Gasteiger partial charge < -0.3 is 20.1 Å². The highest BCUT2D eigenvalue weighted by Crippen LogP contribution is 2.40. The van der Waals surface area contributed by atoms with Crippen molar-refractivity contribution in [2.45, 2.75) is 34.7 Å². The first-order valence-electron chi connectivity index (χ1n) is 9.61. The third-order valence-corrected chi connectivity index (χ3v) is 6.83. The summed E-state index contributed by atoms with van der Waals surface area (Å²) in [6.45, 7) is -0.623. The normalized spacial score (nSPS) is 25.0. The van der Waals surface area contributed by atoms with Crippen molar-refractivity contribution < 1.29 is 37.6 Å². The van der Waals surface area contributed by atoms with Gasteiger partial charge >= 0.3 is 0 Å². The van der Waals surface area contributed by atoms with Gasteiger partial charge in [0.2, 0.25) is 0 Å². The Balaban J connectivity index is 1.64. The maximum atomic E-state index is 13.7. The number of aromatic nitrogens is 3. The summed E-state index contributed by atoms with van der Waals surface area (Å²) in [5.41, 5.74) is -1.29. The third kappa shape index (κ3) is 4.76. The zero-order valence-electron chi connectivity index (χ0n) is 16.7. The quantitative estimate of drug-likeness (QED) is 0.336. The first kappa shape index (κ1) is 25.2. The number of thioether (sulfide) groups is 1. The van der Waals surface area contributed by atoms with E-state index in [0.717, 1.165) is 28.6 Å². The molecule has 0 radical (unpaired) electrons. The molecule has 0 amide bonds. The number of hydrogen-bond donors (Lipinski definition) is 3. The minimum absolute atomic E-state index is 0.0643. The van der Waals surface area contributed by atoms with Crippen molar-refractivity contribution in [1.82, 2.24) is 15.0 Å². The zero-order valence-corrected chi connectivity index (χ0v) is 19.1. The minimum Gasteiger partial charge on any atom is -0.394 e. The SMILES string of the molecule is OCC1O[C@H](Sc2cc(Cl)c(F)c(Cl)c2)C(O)C(n2cc(-c3cc(F)c(F)c(F)c3)nn2)[C@H]1O. The van der Waals surface area contributed by atoms with Gasteiger partial charge in [-0.15, -0.1) is 5.10 Å². The highest BCUT2D eigenvalue weighted by Gasteiger charge is 2.46. The molecule has 0 spiro atoms. The van der Waals surface area contributed by atoms with Crippen LogP contribution in [0, 0.1) is 23.3 Å². The van der Waals surface area contributed by atoms with Gasteiger partial charge in [0.1, 0.15) is 35.5 Å². The van der Waals surface area contributed by atoms with Crippen molar-refractivity contribution in [3.8, 4) is 11.3 Å². The molecule has 2 aromatic carbocycles. The molecule has 14 heteroatoms. The molecule has 3 N–H and O–H groups in total. The molecule has 2 heterocycles. The first-order chi connectivity index (χ1) is 16.1. The molecular formula is C20H15Cl2F4N3O4S. The van der Waals surface area contributed by atoms with E-state index in [9.17, 15) is 32.9 Å². The lowest BCUT2D eigenvalue weighted by molar-refractivity contribution is -0.178. The Morgan fingerprint density at radius 3 is 2.18 bits per heavy atom. The summed E-state index contributed by atoms with van der Waals surface area (Å²) in [5, 5.41) is 38.4. The average molecular weight is 540 g/mol. The van der Waals surface area contributed by atoms with Gasteiger partial charge in [-0.3, -0.25) is 0 Å². The van der Waals surface area contributed by atoms with Gasteiger partial charge in [-0.2, -0.15) is 0 Å². The number of aliphatic hydroxyl groups excluding tert-OH is 3. The Bertz CT molecular complexity index is 1170. The predicted molar refractivity (Wildman–Crippen MR) is 114 cm³/mol. The molecule has 0 aliphatic carbocycles. The maximum Gasteiger partial charge on any atom is 0.194 e. The van der Waals surface area contributed by atoms with Gasteiger partial charge in [0.25, 0.3) is 0 Å². The predicted octanol–water partition coefficient (Wildman–Crippen LogP) is 3.58. The van der Waals surface area contributed by atoms with E-state index in [1.807, 2.05) is 0 Å². The molecule has 7 nitrogen and oxygen atoms in total. The van der Waals surface area contributed by atoms with Crippen LogP contribution in [-0.2, 0) is 4.74 Å². The van der Waals surface area contributed by atoms with Gasteiger partial charge in [-0.1, -0.05) is 40.2 Å². The van der Waals surface area contributed by atoms with Gasteiger partial charge in [-0.05, 0) is 24.3 Å². The summed E-state index contributed by atoms with van der Waals surface area (Å²) in [6, 6.07) is 2.76. The molecule has 182 valence electrons. The highest BCUT2D eigenvalue weighted by atomic mass is 35.5. The lowest BCUT2D eigenvalue weighted by Gasteiger charge is -2.41. The highest BCUT2D eigenvalue weighted by molar-refractivity contribution is 7.99. The standard InChI is InChI=1S/C20H15Cl2F4N3O4S/c21-9-3-8(4-10(22)15(9)25)34-20-19(32)17(18(31)14(6-30)33-20)29-5-13(27-28-29)7-1-11(23)16(26)12(24)2-7/h1-5,14,17-20,30-32H,6H2/t14?,17?,18-,19?,20+/m0/s1. The van der Waals surface area contributed by atoms with Crippen LogP contribution in [0.4, 0.5) is 17.6 Å². The Morgan fingerprint density at radius 2 is 1.59 bits per heavy atom. The van der Waals surface area contributed by atoms with Crippen molar-refractivity contribution in [3.05, 3.63) is 63.8 Å². The van der Waals surface area contributed by atoms with Crippen LogP contribution in [0.15, 0.2) is 35.4 Å². The Labute approximate surface area is 203 Å². The monoisotopic (exact) mass is 539 g/mol. The molecule has 5 atom stereocenters. The molecule has 34 heavy (non-hydrogen) atoms. The van der Waals surface area contributed by atoms with Crippen molar-refractivity contribution in [2.24, 2.45) is 0 Å². The average Bonchev–Trinajstić information content (AvgIpc) is 3.27. The Morgan fingerprint density at radius 1 is 0.971 bits per heavy atom. The molecule has 0 saturated carbocycles. The Hall–Kier alpha value is -1.93. The summed E-state index contributed by atoms with van der Waals surface area (Å²) in [4.78, 5) is 0.337. The second kappa shape index (κ2) is 9.97. The molecule has 1 aliphatic rings. The molecule has 0 bridgehead atoms. The van der Waals surface area contributed by atoms with Gasteiger partial charge in [-0.25, -0.2) is 22.2 Å². The molecule has 1 fully saturated rings. The molecule has 1 aromatic heterocycles. The van der Waals surface area contributed by atoms with Crippen molar-refractivity contribution in [1.29, 1.82) is 0 Å². The number of halogens is 6. The number of ether oxygens (including phenoxy) is 1. The lowest BCUT2D eigenvalue weighted by atomic mass is 9.97. The molecule has 4 rings (SSSR count). The number of hydrogen-bond acceptors (Lipinski definition) is 7. The summed E-state index contributed by atoms with van der Waals surface area (Å²) in [6.07, 6.45) is -2.89. The summed E-state index contributed by atoms with van der Waals surface area (Å²) >= 11 is 12.5. The molecule has 3 unspecified atom stereocenters. The zero-order chi connectivity index (χ0) is 24.7. The number of rotatable bonds is 5. The van der Waals surface area contributed by atoms with Crippen LogP contribution < -0.4 is 0 Å². The summed E-state index contributed by atoms with van der Waals surface area (Å²) in [7, 11) is 0. The van der Waals surface area contributed by atoms with Crippen LogP contribution in [0.3, 0.4) is 0 Å². The smallest absolute Gasteiger partial charge is 0.194 e. The fourth-order valence-corrected chi connectivity index (χ4v) is 5.23. The summed E-state index contributed by atoms with van der Waals surface area (Å²) < 4.78 is 60.9. The van der Waals surface area contributed by atoms with E-state index in [1.165, 1.54) is 18.3 Å². The fraction of sp³-hybridized carbons (Fsp3) is 0.300. The van der Waals surface area contributed by atoms with Crippen LogP contribution in [0.2, 0.25) is 10.0 Å². The van der Waals surface area contributed by atoms with E-state index in [1.54, 1.807) is 0 Å². The van der Waals surface area contributed by atoms with Crippen molar-refractivity contribution in [3.63, 3.8) is 0 Å². The largest absolute Gasteiger partial charge is 0.394 e. The van der Waals surface area contributed by atoms with E-state index in [-0.39, 0.29) is 21.3 Å². The van der Waals surface area contributed by atoms with E-state index in [2.05, 4.69) is 10.3 Å². The van der Waals surface area contributed by atoms with Gasteiger partial charge in [0.15, 0.2) is 23.3 Å². The van der Waals surface area contributed by atoms with Crippen molar-refractivity contribution in [2.75, 3.05) is 6.61 Å². The van der Waals surface area contributed by atoms with E-state index in [4.69, 9.17) is 27.9 Å². The Kier molecular flexibility index (Phi) is 7.38. The molecule has 3 aromatic rings. The molecular weight excluding hydrogens is 525 g/mol. The third-order valence-electron chi connectivity index (χ3n) is 5.15. The first-order valence-corrected chi connectivity index (χ1v) is 11.2. The van der Waals surface area contributed by atoms with Crippen LogP contribution in [-0.4, -0.2) is 60.7 Å². The van der Waals surface area contributed by atoms with Crippen LogP contribution in [0.5, 0.6) is 0 Å². The maximum absolute atomic E-state index is 13.7. The van der Waals surface area contributed by atoms with Crippen LogP contribution in [0.25, 0.3) is 11.3 Å². The minimum atomic E-state index is -1.64. The molecule has 1 aliphatic heterocycles. The summed E-state index contributed by atoms with van der Waals surface area (Å²) in [5.74, 6) is -5.31. The fourth-order valence-electron chi connectivity index (χ4n) is 3.47. The lowest BCUT2D eigenvalue weighted by Crippen LogP contribution is -2.55. The van der Waals surface area contributed by atoms with E-state index >= 15 is 0 Å². The van der Waals surface area contributed by atoms with E-state index in [0.29, 0.717) is 4.90 Å². The number of nitrogens with zero attached hydrogens (tertiary/aromatic N) is 3. The van der Waals surface area contributed by atoms with E-state index < -0.39 is 59.7 Å². The second-order valence-electron chi connectivity index (χ2n) is 7.35. The van der Waals surface area contributed by atoms with Crippen LogP contribution >= 0.6 is 35.0 Å². The topological polar surface area (TPSA) is 101 Å². The number of aliphatic hydroxyl groups is 3. The van der Waals surface area contributed by atoms with Gasteiger partial charge in [0, 0.05) is 10.5 Å². The molecule has 1 saturated heterocycles. The second-order valence-corrected chi connectivity index (χ2v) is 9.34. The van der Waals surface area contributed by atoms with Crippen molar-refractivity contribution >= 4 is 35.0 Å². The number of benzene rings is 2.